The Morgan fingerprint density at radius 2 is 2.12 bits per heavy atom. The summed E-state index contributed by atoms with van der Waals surface area (Å²) in [7, 11) is 0. The van der Waals surface area contributed by atoms with Gasteiger partial charge in [0, 0.05) is 0 Å². The zero-order chi connectivity index (χ0) is 11.5. The molecule has 0 saturated heterocycles. The molecule has 1 saturated carbocycles. The van der Waals surface area contributed by atoms with Gasteiger partial charge in [0.25, 0.3) is 0 Å². The first-order chi connectivity index (χ1) is 7.74. The monoisotopic (exact) mass is 218 g/mol. The molecule has 0 aromatic heterocycles. The van der Waals surface area contributed by atoms with E-state index in [-0.39, 0.29) is 5.92 Å². The number of aliphatic carboxylic acids is 1. The average molecular weight is 218 g/mol. The Bertz CT molecular complexity index is 358. The van der Waals surface area contributed by atoms with Gasteiger partial charge in [-0.1, -0.05) is 43.7 Å². The zero-order valence-corrected chi connectivity index (χ0v) is 9.60. The van der Waals surface area contributed by atoms with Crippen LogP contribution in [0.4, 0.5) is 0 Å². The first-order valence-corrected chi connectivity index (χ1v) is 6.01. The van der Waals surface area contributed by atoms with Gasteiger partial charge in [-0.15, -0.1) is 0 Å². The fraction of sp³-hybridized carbons (Fsp3) is 0.500. The van der Waals surface area contributed by atoms with Crippen molar-refractivity contribution in [2.45, 2.75) is 32.1 Å². The second-order valence-electron chi connectivity index (χ2n) is 4.65. The number of hydrogen-bond donors (Lipinski definition) is 1. The molecule has 3 atom stereocenters. The van der Waals surface area contributed by atoms with E-state index in [4.69, 9.17) is 0 Å². The Labute approximate surface area is 96.3 Å². The smallest absolute Gasteiger partial charge is 0.306 e. The highest BCUT2D eigenvalue weighted by molar-refractivity contribution is 5.71. The Hall–Kier alpha value is -1.31. The molecule has 0 bridgehead atoms. The van der Waals surface area contributed by atoms with Crippen molar-refractivity contribution < 1.29 is 9.90 Å². The second-order valence-corrected chi connectivity index (χ2v) is 4.65. The normalized spacial score (nSPS) is 25.1. The summed E-state index contributed by atoms with van der Waals surface area (Å²) >= 11 is 0. The lowest BCUT2D eigenvalue weighted by Crippen LogP contribution is -2.16. The summed E-state index contributed by atoms with van der Waals surface area (Å²) in [5.41, 5.74) is 1.30. The van der Waals surface area contributed by atoms with Crippen LogP contribution in [-0.2, 0) is 4.79 Å². The van der Waals surface area contributed by atoms with Crippen LogP contribution < -0.4 is 0 Å². The minimum atomic E-state index is -0.620. The number of carboxylic acid groups (broad SMARTS) is 1. The van der Waals surface area contributed by atoms with Gasteiger partial charge < -0.3 is 5.11 Å². The van der Waals surface area contributed by atoms with Crippen molar-refractivity contribution in [2.75, 3.05) is 0 Å². The van der Waals surface area contributed by atoms with Gasteiger partial charge in [0.15, 0.2) is 0 Å². The van der Waals surface area contributed by atoms with Crippen LogP contribution in [0.5, 0.6) is 0 Å². The van der Waals surface area contributed by atoms with E-state index < -0.39 is 5.97 Å². The van der Waals surface area contributed by atoms with Crippen molar-refractivity contribution in [1.29, 1.82) is 0 Å². The lowest BCUT2D eigenvalue weighted by Gasteiger charge is -2.10. The van der Waals surface area contributed by atoms with Crippen LogP contribution in [0.15, 0.2) is 30.3 Å². The summed E-state index contributed by atoms with van der Waals surface area (Å²) in [6.07, 6.45) is 2.80. The van der Waals surface area contributed by atoms with E-state index in [0.29, 0.717) is 11.8 Å². The SMILES string of the molecule is CCCC(C(=O)O)C1CC1c1ccccc1. The molecule has 3 unspecified atom stereocenters. The number of carboxylic acids is 1. The Kier molecular flexibility index (Phi) is 3.28. The van der Waals surface area contributed by atoms with E-state index in [1.807, 2.05) is 18.2 Å². The molecule has 2 heteroatoms. The molecule has 0 amide bonds. The standard InChI is InChI=1S/C14H18O2/c1-2-6-11(14(15)16)13-9-12(13)10-7-4-3-5-8-10/h3-5,7-8,11-13H,2,6,9H2,1H3,(H,15,16). The number of benzene rings is 1. The molecule has 2 nitrogen and oxygen atoms in total. The van der Waals surface area contributed by atoms with Crippen molar-refractivity contribution >= 4 is 5.97 Å². The highest BCUT2D eigenvalue weighted by Crippen LogP contribution is 2.52. The highest BCUT2D eigenvalue weighted by atomic mass is 16.4. The first kappa shape index (κ1) is 11.2. The lowest BCUT2D eigenvalue weighted by atomic mass is 9.95. The molecule has 1 aliphatic carbocycles. The maximum atomic E-state index is 11.1. The summed E-state index contributed by atoms with van der Waals surface area (Å²) in [5.74, 6) is 0.0780. The van der Waals surface area contributed by atoms with Crippen LogP contribution in [0, 0.1) is 11.8 Å². The molecule has 1 aliphatic rings. The van der Waals surface area contributed by atoms with Crippen molar-refractivity contribution in [3.63, 3.8) is 0 Å². The predicted molar refractivity (Wildman–Crippen MR) is 63.3 cm³/mol. The first-order valence-electron chi connectivity index (χ1n) is 6.01. The van der Waals surface area contributed by atoms with Gasteiger partial charge in [-0.3, -0.25) is 4.79 Å². The fourth-order valence-corrected chi connectivity index (χ4v) is 2.57. The molecule has 1 N–H and O–H groups in total. The van der Waals surface area contributed by atoms with Crippen LogP contribution in [0.2, 0.25) is 0 Å². The topological polar surface area (TPSA) is 37.3 Å². The fourth-order valence-electron chi connectivity index (χ4n) is 2.57. The molecule has 1 aromatic rings. The minimum Gasteiger partial charge on any atom is -0.481 e. The van der Waals surface area contributed by atoms with Crippen LogP contribution >= 0.6 is 0 Å². The number of carbonyl (C=O) groups is 1. The lowest BCUT2D eigenvalue weighted by molar-refractivity contribution is -0.142. The van der Waals surface area contributed by atoms with E-state index in [2.05, 4.69) is 19.1 Å². The maximum Gasteiger partial charge on any atom is 0.306 e. The Balaban J connectivity index is 2.02. The van der Waals surface area contributed by atoms with Gasteiger partial charge in [0.2, 0.25) is 0 Å². The largest absolute Gasteiger partial charge is 0.481 e. The Morgan fingerprint density at radius 1 is 1.44 bits per heavy atom. The van der Waals surface area contributed by atoms with Gasteiger partial charge in [-0.05, 0) is 30.2 Å². The molecule has 2 rings (SSSR count). The molecule has 0 radical (unpaired) electrons. The molecular weight excluding hydrogens is 200 g/mol. The van der Waals surface area contributed by atoms with E-state index in [1.165, 1.54) is 5.56 Å². The van der Waals surface area contributed by atoms with Gasteiger partial charge in [-0.2, -0.15) is 0 Å². The van der Waals surface area contributed by atoms with Gasteiger partial charge in [0.05, 0.1) is 5.92 Å². The molecule has 0 aliphatic heterocycles. The van der Waals surface area contributed by atoms with Crippen LogP contribution in [0.3, 0.4) is 0 Å². The van der Waals surface area contributed by atoms with Crippen molar-refractivity contribution in [3.8, 4) is 0 Å². The third-order valence-electron chi connectivity index (χ3n) is 3.50. The van der Waals surface area contributed by atoms with E-state index in [1.54, 1.807) is 0 Å². The molecule has 1 aromatic carbocycles. The highest BCUT2D eigenvalue weighted by Gasteiger charge is 2.46. The summed E-state index contributed by atoms with van der Waals surface area (Å²) in [6, 6.07) is 10.3. The Morgan fingerprint density at radius 3 is 2.69 bits per heavy atom. The summed E-state index contributed by atoms with van der Waals surface area (Å²) in [5, 5.41) is 9.18. The second kappa shape index (κ2) is 4.69. The molecule has 86 valence electrons. The van der Waals surface area contributed by atoms with Crippen molar-refractivity contribution in [1.82, 2.24) is 0 Å². The van der Waals surface area contributed by atoms with Crippen LogP contribution in [-0.4, -0.2) is 11.1 Å². The van der Waals surface area contributed by atoms with Crippen LogP contribution in [0.1, 0.15) is 37.7 Å². The van der Waals surface area contributed by atoms with Crippen molar-refractivity contribution in [2.24, 2.45) is 11.8 Å². The minimum absolute atomic E-state index is 0.143. The van der Waals surface area contributed by atoms with Gasteiger partial charge in [-0.25, -0.2) is 0 Å². The summed E-state index contributed by atoms with van der Waals surface area (Å²) < 4.78 is 0. The molecule has 0 heterocycles. The summed E-state index contributed by atoms with van der Waals surface area (Å²) in [4.78, 5) is 11.1. The van der Waals surface area contributed by atoms with Gasteiger partial charge in [0.1, 0.15) is 0 Å². The zero-order valence-electron chi connectivity index (χ0n) is 9.60. The van der Waals surface area contributed by atoms with Gasteiger partial charge >= 0.3 is 5.97 Å². The molecule has 0 spiro atoms. The number of rotatable bonds is 5. The number of hydrogen-bond acceptors (Lipinski definition) is 1. The third kappa shape index (κ3) is 2.26. The third-order valence-corrected chi connectivity index (χ3v) is 3.50. The maximum absolute atomic E-state index is 11.1. The quantitative estimate of drug-likeness (QED) is 0.823. The van der Waals surface area contributed by atoms with Crippen LogP contribution in [0.25, 0.3) is 0 Å². The van der Waals surface area contributed by atoms with Crippen molar-refractivity contribution in [3.05, 3.63) is 35.9 Å². The molecule has 16 heavy (non-hydrogen) atoms. The molecule has 1 fully saturated rings. The van der Waals surface area contributed by atoms with E-state index in [0.717, 1.165) is 19.3 Å². The van der Waals surface area contributed by atoms with E-state index >= 15 is 0 Å². The molecular formula is C14H18O2. The average Bonchev–Trinajstić information content (AvgIpc) is 3.06. The summed E-state index contributed by atoms with van der Waals surface area (Å²) in [6.45, 7) is 2.05. The predicted octanol–water partition coefficient (Wildman–Crippen LogP) is 3.29. The van der Waals surface area contributed by atoms with E-state index in [9.17, 15) is 9.90 Å².